The summed E-state index contributed by atoms with van der Waals surface area (Å²) >= 11 is 6.02. The minimum atomic E-state index is -0.461. The number of nitrogens with zero attached hydrogens (tertiary/aromatic N) is 4. The van der Waals surface area contributed by atoms with Crippen LogP contribution in [0.1, 0.15) is 16.1 Å². The van der Waals surface area contributed by atoms with E-state index in [9.17, 15) is 4.79 Å². The first-order valence-electron chi connectivity index (χ1n) is 6.83. The molecule has 0 amide bonds. The van der Waals surface area contributed by atoms with E-state index in [1.807, 2.05) is 6.92 Å². The SMILES string of the molecule is COC(=O)c1ccccc1N=Nc1c(C)nc2ccc(Cl)cn12. The summed E-state index contributed by atoms with van der Waals surface area (Å²) in [5.41, 5.74) is 2.22. The second kappa shape index (κ2) is 6.18. The van der Waals surface area contributed by atoms with Crippen molar-refractivity contribution in [3.05, 3.63) is 58.9 Å². The number of azo groups is 1. The lowest BCUT2D eigenvalue weighted by Crippen LogP contribution is -2.00. The number of carbonyl (C=O) groups is 1. The van der Waals surface area contributed by atoms with E-state index in [2.05, 4.69) is 15.2 Å². The Labute approximate surface area is 137 Å². The van der Waals surface area contributed by atoms with Crippen LogP contribution in [0.3, 0.4) is 0 Å². The number of hydrogen-bond donors (Lipinski definition) is 0. The van der Waals surface area contributed by atoms with Crippen LogP contribution in [0.5, 0.6) is 0 Å². The van der Waals surface area contributed by atoms with Crippen molar-refractivity contribution in [1.29, 1.82) is 0 Å². The molecule has 0 fully saturated rings. The van der Waals surface area contributed by atoms with E-state index in [4.69, 9.17) is 16.3 Å². The molecular weight excluding hydrogens is 316 g/mol. The maximum absolute atomic E-state index is 11.8. The Bertz CT molecular complexity index is 918. The largest absolute Gasteiger partial charge is 0.465 e. The summed E-state index contributed by atoms with van der Waals surface area (Å²) in [5, 5.41) is 8.99. The number of pyridine rings is 1. The average molecular weight is 329 g/mol. The molecule has 3 aromatic rings. The topological polar surface area (TPSA) is 68.3 Å². The Balaban J connectivity index is 2.06. The lowest BCUT2D eigenvalue weighted by Gasteiger charge is -2.02. The van der Waals surface area contributed by atoms with Gasteiger partial charge in [0, 0.05) is 6.20 Å². The normalized spacial score (nSPS) is 11.3. The molecule has 2 aromatic heterocycles. The highest BCUT2D eigenvalue weighted by Gasteiger charge is 2.12. The van der Waals surface area contributed by atoms with E-state index in [0.29, 0.717) is 27.8 Å². The average Bonchev–Trinajstić information content (AvgIpc) is 2.87. The molecule has 0 saturated carbocycles. The van der Waals surface area contributed by atoms with Crippen molar-refractivity contribution >= 4 is 34.7 Å². The van der Waals surface area contributed by atoms with Gasteiger partial charge in [0.15, 0.2) is 5.82 Å². The summed E-state index contributed by atoms with van der Waals surface area (Å²) in [6, 6.07) is 10.4. The number of hydrogen-bond acceptors (Lipinski definition) is 5. The highest BCUT2D eigenvalue weighted by atomic mass is 35.5. The summed E-state index contributed by atoms with van der Waals surface area (Å²) in [6.45, 7) is 1.83. The summed E-state index contributed by atoms with van der Waals surface area (Å²) in [7, 11) is 1.33. The number of benzene rings is 1. The molecule has 0 N–H and O–H groups in total. The van der Waals surface area contributed by atoms with Gasteiger partial charge in [-0.2, -0.15) is 0 Å². The van der Waals surface area contributed by atoms with Crippen molar-refractivity contribution in [2.45, 2.75) is 6.92 Å². The second-order valence-electron chi connectivity index (χ2n) is 4.81. The van der Waals surface area contributed by atoms with Crippen LogP contribution in [0.4, 0.5) is 11.5 Å². The van der Waals surface area contributed by atoms with Gasteiger partial charge in [-0.1, -0.05) is 23.7 Å². The maximum atomic E-state index is 11.8. The number of ether oxygens (including phenoxy) is 1. The first-order chi connectivity index (χ1) is 11.1. The first kappa shape index (κ1) is 15.2. The lowest BCUT2D eigenvalue weighted by molar-refractivity contribution is 0.0601. The van der Waals surface area contributed by atoms with Gasteiger partial charge in [0.25, 0.3) is 0 Å². The van der Waals surface area contributed by atoms with Crippen molar-refractivity contribution in [3.8, 4) is 0 Å². The number of methoxy groups -OCH3 is 1. The van der Waals surface area contributed by atoms with Gasteiger partial charge in [0.05, 0.1) is 23.4 Å². The van der Waals surface area contributed by atoms with Gasteiger partial charge in [-0.05, 0) is 31.2 Å². The van der Waals surface area contributed by atoms with Crippen LogP contribution in [-0.4, -0.2) is 22.5 Å². The van der Waals surface area contributed by atoms with Crippen molar-refractivity contribution in [2.75, 3.05) is 7.11 Å². The van der Waals surface area contributed by atoms with Crippen LogP contribution >= 0.6 is 11.6 Å². The highest BCUT2D eigenvalue weighted by molar-refractivity contribution is 6.30. The van der Waals surface area contributed by atoms with Crippen LogP contribution in [-0.2, 0) is 4.74 Å². The molecule has 116 valence electrons. The van der Waals surface area contributed by atoms with Gasteiger partial charge >= 0.3 is 5.97 Å². The number of carbonyl (C=O) groups excluding carboxylic acids is 1. The first-order valence-corrected chi connectivity index (χ1v) is 7.21. The zero-order valence-corrected chi connectivity index (χ0v) is 13.3. The Hall–Kier alpha value is -2.73. The molecule has 0 radical (unpaired) electrons. The molecule has 0 unspecified atom stereocenters. The molecule has 1 aromatic carbocycles. The number of aromatic nitrogens is 2. The predicted molar refractivity (Wildman–Crippen MR) is 86.9 cm³/mol. The highest BCUT2D eigenvalue weighted by Crippen LogP contribution is 2.26. The molecule has 2 heterocycles. The fourth-order valence-electron chi connectivity index (χ4n) is 2.19. The van der Waals surface area contributed by atoms with E-state index in [1.54, 1.807) is 47.0 Å². The molecule has 23 heavy (non-hydrogen) atoms. The third kappa shape index (κ3) is 2.93. The molecule has 6 nitrogen and oxygen atoms in total. The molecule has 0 atom stereocenters. The zero-order chi connectivity index (χ0) is 16.4. The molecule has 0 aliphatic rings. The van der Waals surface area contributed by atoms with Crippen molar-refractivity contribution < 1.29 is 9.53 Å². The summed E-state index contributed by atoms with van der Waals surface area (Å²) in [6.07, 6.45) is 1.72. The van der Waals surface area contributed by atoms with E-state index in [-0.39, 0.29) is 0 Å². The van der Waals surface area contributed by atoms with Gasteiger partial charge in [-0.25, -0.2) is 9.78 Å². The fraction of sp³-hybridized carbons (Fsp3) is 0.125. The number of fused-ring (bicyclic) bond motifs is 1. The molecule has 0 aliphatic carbocycles. The van der Waals surface area contributed by atoms with Crippen LogP contribution in [0, 0.1) is 6.92 Å². The number of aryl methyl sites for hydroxylation is 1. The van der Waals surface area contributed by atoms with Crippen molar-refractivity contribution in [2.24, 2.45) is 10.2 Å². The fourth-order valence-corrected chi connectivity index (χ4v) is 2.35. The number of halogens is 1. The maximum Gasteiger partial charge on any atom is 0.340 e. The van der Waals surface area contributed by atoms with Crippen molar-refractivity contribution in [1.82, 2.24) is 9.38 Å². The quantitative estimate of drug-likeness (QED) is 0.525. The molecular formula is C16H13ClN4O2. The molecule has 0 bridgehead atoms. The summed E-state index contributed by atoms with van der Waals surface area (Å²) in [5.74, 6) is 0.0969. The summed E-state index contributed by atoms with van der Waals surface area (Å²) < 4.78 is 6.50. The second-order valence-corrected chi connectivity index (χ2v) is 5.24. The molecule has 7 heteroatoms. The smallest absolute Gasteiger partial charge is 0.340 e. The third-order valence-corrected chi connectivity index (χ3v) is 3.51. The monoisotopic (exact) mass is 328 g/mol. The Morgan fingerprint density at radius 2 is 2.00 bits per heavy atom. The van der Waals surface area contributed by atoms with Crippen LogP contribution in [0.2, 0.25) is 5.02 Å². The van der Waals surface area contributed by atoms with E-state index in [0.717, 1.165) is 5.65 Å². The van der Waals surface area contributed by atoms with E-state index >= 15 is 0 Å². The minimum absolute atomic E-state index is 0.350. The molecule has 3 rings (SSSR count). The zero-order valence-electron chi connectivity index (χ0n) is 12.5. The Morgan fingerprint density at radius 3 is 2.78 bits per heavy atom. The number of rotatable bonds is 3. The van der Waals surface area contributed by atoms with E-state index in [1.165, 1.54) is 7.11 Å². The van der Waals surface area contributed by atoms with E-state index < -0.39 is 5.97 Å². The Kier molecular flexibility index (Phi) is 4.08. The van der Waals surface area contributed by atoms with Gasteiger partial charge in [-0.3, -0.25) is 4.40 Å². The van der Waals surface area contributed by atoms with Gasteiger partial charge < -0.3 is 4.74 Å². The van der Waals surface area contributed by atoms with Crippen LogP contribution in [0.25, 0.3) is 5.65 Å². The van der Waals surface area contributed by atoms with Gasteiger partial charge in [-0.15, -0.1) is 10.2 Å². The standard InChI is InChI=1S/C16H13ClN4O2/c1-10-15(21-9-11(17)7-8-14(21)18-10)20-19-13-6-4-3-5-12(13)16(22)23-2/h3-9H,1-2H3. The van der Waals surface area contributed by atoms with Crippen molar-refractivity contribution in [3.63, 3.8) is 0 Å². The van der Waals surface area contributed by atoms with Crippen LogP contribution in [0.15, 0.2) is 52.8 Å². The van der Waals surface area contributed by atoms with Gasteiger partial charge in [0.1, 0.15) is 11.3 Å². The van der Waals surface area contributed by atoms with Gasteiger partial charge in [0.2, 0.25) is 0 Å². The third-order valence-electron chi connectivity index (χ3n) is 3.29. The number of esters is 1. The lowest BCUT2D eigenvalue weighted by atomic mass is 10.2. The number of imidazole rings is 1. The van der Waals surface area contributed by atoms with Crippen LogP contribution < -0.4 is 0 Å². The molecule has 0 aliphatic heterocycles. The predicted octanol–water partition coefficient (Wildman–Crippen LogP) is 4.50. The Morgan fingerprint density at radius 1 is 1.22 bits per heavy atom. The molecule has 0 saturated heterocycles. The summed E-state index contributed by atoms with van der Waals surface area (Å²) in [4.78, 5) is 16.2. The minimum Gasteiger partial charge on any atom is -0.465 e. The molecule has 0 spiro atoms.